The fourth-order valence-electron chi connectivity index (χ4n) is 3.88. The van der Waals surface area contributed by atoms with Crippen LogP contribution in [-0.2, 0) is 4.74 Å². The highest BCUT2D eigenvalue weighted by atomic mass is 19.3. The molecule has 2 heterocycles. The monoisotopic (exact) mass is 458 g/mol. The van der Waals surface area contributed by atoms with E-state index in [-0.39, 0.29) is 29.7 Å². The number of aromatic nitrogens is 2. The van der Waals surface area contributed by atoms with E-state index in [2.05, 4.69) is 10.3 Å². The summed E-state index contributed by atoms with van der Waals surface area (Å²) in [5, 5.41) is 12.1. The second-order valence-electron chi connectivity index (χ2n) is 7.84. The Balaban J connectivity index is 1.71. The first-order valence-electron chi connectivity index (χ1n) is 10.7. The number of ether oxygens (including phenoxy) is 1. The Kier molecular flexibility index (Phi) is 6.55. The van der Waals surface area contributed by atoms with Crippen LogP contribution in [0, 0.1) is 0 Å². The van der Waals surface area contributed by atoms with Crippen LogP contribution in [-0.4, -0.2) is 46.4 Å². The van der Waals surface area contributed by atoms with Gasteiger partial charge in [0.1, 0.15) is 0 Å². The highest BCUT2D eigenvalue weighted by molar-refractivity contribution is 6.04. The van der Waals surface area contributed by atoms with E-state index in [9.17, 15) is 23.5 Å². The van der Waals surface area contributed by atoms with Gasteiger partial charge in [0.15, 0.2) is 0 Å². The number of nitrogens with zero attached hydrogens (tertiary/aromatic N) is 3. The first-order chi connectivity index (χ1) is 15.9. The highest BCUT2D eigenvalue weighted by Crippen LogP contribution is 2.30. The number of cyclic esters (lactones) is 1. The smallest absolute Gasteiger partial charge is 0.414 e. The van der Waals surface area contributed by atoms with Gasteiger partial charge >= 0.3 is 6.09 Å². The van der Waals surface area contributed by atoms with Gasteiger partial charge in [-0.15, -0.1) is 0 Å². The van der Waals surface area contributed by atoms with Crippen LogP contribution in [0.4, 0.5) is 25.2 Å². The summed E-state index contributed by atoms with van der Waals surface area (Å²) in [7, 11) is 0. The van der Waals surface area contributed by atoms with Gasteiger partial charge in [-0.3, -0.25) is 15.0 Å². The quantitative estimate of drug-likeness (QED) is 0.543. The van der Waals surface area contributed by atoms with Gasteiger partial charge in [-0.2, -0.15) is 0 Å². The van der Waals surface area contributed by atoms with Crippen molar-refractivity contribution in [2.24, 2.45) is 0 Å². The van der Waals surface area contributed by atoms with E-state index >= 15 is 0 Å². The zero-order valence-corrected chi connectivity index (χ0v) is 18.0. The number of amides is 2. The predicted molar refractivity (Wildman–Crippen MR) is 119 cm³/mol. The molecular weight excluding hydrogens is 434 g/mol. The molecular formula is C23H24F2N4O4. The van der Waals surface area contributed by atoms with Gasteiger partial charge in [-0.05, 0) is 50.1 Å². The molecule has 0 spiro atoms. The van der Waals surface area contributed by atoms with E-state index in [0.717, 1.165) is 6.07 Å². The molecule has 3 aromatic rings. The number of imidazole rings is 1. The number of carbonyl (C=O) groups is 2. The van der Waals surface area contributed by atoms with E-state index in [4.69, 9.17) is 4.74 Å². The minimum Gasteiger partial charge on any atom is -0.449 e. The summed E-state index contributed by atoms with van der Waals surface area (Å²) in [6.45, 7) is 2.71. The fourth-order valence-corrected chi connectivity index (χ4v) is 3.88. The highest BCUT2D eigenvalue weighted by Gasteiger charge is 2.24. The largest absolute Gasteiger partial charge is 0.449 e. The number of rotatable bonds is 7. The lowest BCUT2D eigenvalue weighted by atomic mass is 10.1. The lowest BCUT2D eigenvalue weighted by Crippen LogP contribution is -2.37. The Morgan fingerprint density at radius 3 is 2.82 bits per heavy atom. The molecule has 8 nitrogen and oxygen atoms in total. The molecule has 0 radical (unpaired) electrons. The number of hydrogen-bond donors (Lipinski definition) is 2. The molecule has 2 amide bonds. The summed E-state index contributed by atoms with van der Waals surface area (Å²) in [6, 6.07) is 10.3. The number of alkyl halides is 2. The maximum absolute atomic E-state index is 13.0. The third-order valence-corrected chi connectivity index (χ3v) is 5.57. The van der Waals surface area contributed by atoms with Gasteiger partial charge in [-0.25, -0.2) is 18.6 Å². The van der Waals surface area contributed by atoms with Crippen molar-refractivity contribution in [2.45, 2.75) is 32.2 Å². The number of anilines is 2. The van der Waals surface area contributed by atoms with Crippen molar-refractivity contribution in [1.82, 2.24) is 9.55 Å². The number of nitrogens with one attached hydrogen (secondary N) is 1. The molecule has 0 unspecified atom stereocenters. The molecule has 0 bridgehead atoms. The van der Waals surface area contributed by atoms with E-state index in [1.807, 2.05) is 6.92 Å². The Morgan fingerprint density at radius 1 is 1.27 bits per heavy atom. The number of hydrogen-bond acceptors (Lipinski definition) is 5. The van der Waals surface area contributed by atoms with Crippen LogP contribution in [0.3, 0.4) is 0 Å². The molecule has 33 heavy (non-hydrogen) atoms. The summed E-state index contributed by atoms with van der Waals surface area (Å²) in [4.78, 5) is 31.0. The van der Waals surface area contributed by atoms with Crippen LogP contribution in [0.25, 0.3) is 11.0 Å². The molecule has 1 saturated heterocycles. The molecule has 10 heteroatoms. The molecule has 1 atom stereocenters. The second kappa shape index (κ2) is 9.53. The summed E-state index contributed by atoms with van der Waals surface area (Å²) in [6.07, 6.45) is -1.99. The molecule has 1 aliphatic heterocycles. The molecule has 2 aromatic carbocycles. The molecule has 2 N–H and O–H groups in total. The molecule has 4 rings (SSSR count). The van der Waals surface area contributed by atoms with Crippen LogP contribution < -0.4 is 10.2 Å². The van der Waals surface area contributed by atoms with Crippen LogP contribution in [0.2, 0.25) is 0 Å². The van der Waals surface area contributed by atoms with Crippen molar-refractivity contribution in [3.8, 4) is 0 Å². The number of halogens is 2. The van der Waals surface area contributed by atoms with Crippen LogP contribution in [0.15, 0.2) is 42.5 Å². The normalized spacial score (nSPS) is 15.1. The number of benzene rings is 2. The minimum absolute atomic E-state index is 0.0671. The van der Waals surface area contributed by atoms with Gasteiger partial charge in [-0.1, -0.05) is 12.1 Å². The van der Waals surface area contributed by atoms with Crippen molar-refractivity contribution >= 4 is 34.7 Å². The summed E-state index contributed by atoms with van der Waals surface area (Å²) in [5.74, 6) is -0.359. The molecule has 1 fully saturated rings. The maximum Gasteiger partial charge on any atom is 0.414 e. The standard InChI is InChI=1S/C23H24F2N4O4/c1-14(8-10-30)29-19-7-6-17(28-9-3-11-33-23(28)32)13-18(19)26-22(29)27-21(31)16-5-2-4-15(12-16)20(24)25/h2,4-7,12-14,20,30H,3,8-11H2,1H3,(H,26,27,31)/t14-/m1/s1. The predicted octanol–water partition coefficient (Wildman–Crippen LogP) is 4.52. The second-order valence-corrected chi connectivity index (χ2v) is 7.84. The van der Waals surface area contributed by atoms with Crippen molar-refractivity contribution in [2.75, 3.05) is 30.0 Å². The fraction of sp³-hybridized carbons (Fsp3) is 0.348. The Bertz CT molecular complexity index is 1180. The van der Waals surface area contributed by atoms with Gasteiger partial charge in [0, 0.05) is 36.0 Å². The maximum atomic E-state index is 13.0. The Morgan fingerprint density at radius 2 is 2.09 bits per heavy atom. The van der Waals surface area contributed by atoms with E-state index in [1.165, 1.54) is 23.1 Å². The molecule has 1 aliphatic rings. The van der Waals surface area contributed by atoms with Gasteiger partial charge in [0.25, 0.3) is 12.3 Å². The molecule has 0 saturated carbocycles. The van der Waals surface area contributed by atoms with E-state index in [1.54, 1.807) is 22.8 Å². The third kappa shape index (κ3) is 4.65. The number of carbonyl (C=O) groups excluding carboxylic acids is 2. The van der Waals surface area contributed by atoms with E-state index < -0.39 is 18.4 Å². The molecule has 174 valence electrons. The first kappa shape index (κ1) is 22.7. The van der Waals surface area contributed by atoms with Gasteiger partial charge in [0.2, 0.25) is 5.95 Å². The number of aliphatic hydroxyl groups is 1. The zero-order chi connectivity index (χ0) is 23.5. The minimum atomic E-state index is -2.69. The van der Waals surface area contributed by atoms with Crippen LogP contribution in [0.5, 0.6) is 0 Å². The van der Waals surface area contributed by atoms with E-state index in [0.29, 0.717) is 42.7 Å². The number of fused-ring (bicyclic) bond motifs is 1. The topological polar surface area (TPSA) is 96.7 Å². The zero-order valence-electron chi connectivity index (χ0n) is 18.0. The average molecular weight is 458 g/mol. The van der Waals surface area contributed by atoms with Crippen LogP contribution in [0.1, 0.15) is 48.2 Å². The van der Waals surface area contributed by atoms with Crippen molar-refractivity contribution in [1.29, 1.82) is 0 Å². The van der Waals surface area contributed by atoms with Crippen LogP contribution >= 0.6 is 0 Å². The average Bonchev–Trinajstić information content (AvgIpc) is 3.16. The summed E-state index contributed by atoms with van der Waals surface area (Å²) in [5.41, 5.74) is 1.68. The molecule has 0 aliphatic carbocycles. The molecule has 1 aromatic heterocycles. The third-order valence-electron chi connectivity index (χ3n) is 5.57. The lowest BCUT2D eigenvalue weighted by molar-refractivity contribution is 0.102. The summed E-state index contributed by atoms with van der Waals surface area (Å²) < 4.78 is 33.0. The van der Waals surface area contributed by atoms with Crippen molar-refractivity contribution < 1.29 is 28.2 Å². The van der Waals surface area contributed by atoms with Gasteiger partial charge < -0.3 is 14.4 Å². The van der Waals surface area contributed by atoms with Crippen molar-refractivity contribution in [3.05, 3.63) is 53.6 Å². The van der Waals surface area contributed by atoms with Crippen molar-refractivity contribution in [3.63, 3.8) is 0 Å². The van der Waals surface area contributed by atoms with Gasteiger partial charge in [0.05, 0.1) is 17.6 Å². The number of aliphatic hydroxyl groups excluding tert-OH is 1. The lowest BCUT2D eigenvalue weighted by Gasteiger charge is -2.26. The summed E-state index contributed by atoms with van der Waals surface area (Å²) >= 11 is 0. The Labute approximate surface area is 188 Å². The first-order valence-corrected chi connectivity index (χ1v) is 10.7. The SMILES string of the molecule is C[C@H](CCO)n1c(NC(=O)c2cccc(C(F)F)c2)nc2cc(N3CCCOC3=O)ccc21. The Hall–Kier alpha value is -3.53.